The monoisotopic (exact) mass is 553 g/mol. The lowest BCUT2D eigenvalue weighted by Gasteiger charge is -2.09. The van der Waals surface area contributed by atoms with Gasteiger partial charge in [0.25, 0.3) is 11.8 Å². The molecule has 2 N–H and O–H groups in total. The predicted octanol–water partition coefficient (Wildman–Crippen LogP) is 7.00. The van der Waals surface area contributed by atoms with Crippen molar-refractivity contribution in [2.45, 2.75) is 0 Å². The van der Waals surface area contributed by atoms with Crippen LogP contribution >= 0.6 is 34.8 Å². The summed E-state index contributed by atoms with van der Waals surface area (Å²) in [6, 6.07) is 15.4. The number of anilines is 2. The summed E-state index contributed by atoms with van der Waals surface area (Å²) >= 11 is 17.8. The lowest BCUT2D eigenvalue weighted by atomic mass is 10.1. The van der Waals surface area contributed by atoms with E-state index < -0.39 is 17.6 Å². The summed E-state index contributed by atoms with van der Waals surface area (Å²) in [5.41, 5.74) is 2.86. The first-order valence-corrected chi connectivity index (χ1v) is 11.9. The molecule has 184 valence electrons. The van der Waals surface area contributed by atoms with Crippen LogP contribution in [0.1, 0.15) is 20.7 Å². The second kappa shape index (κ2) is 10.2. The maximum atomic E-state index is 13.4. The van der Waals surface area contributed by atoms with E-state index in [9.17, 15) is 14.0 Å². The summed E-state index contributed by atoms with van der Waals surface area (Å²) in [4.78, 5) is 34.1. The first-order chi connectivity index (χ1) is 17.8. The highest BCUT2D eigenvalue weighted by molar-refractivity contribution is 6.35. The van der Waals surface area contributed by atoms with Gasteiger partial charge in [0.05, 0.1) is 16.9 Å². The molecule has 0 aliphatic heterocycles. The molecule has 0 bridgehead atoms. The highest BCUT2D eigenvalue weighted by Crippen LogP contribution is 2.27. The standard InChI is InChI=1S/C26H15Cl3FN5O2/c27-17-8-16(9-18(28)12-17)26(37)34-23-24-32-13-22(35(24)7-6-31-23)14-2-1-3-19(10-14)33-25(36)15-4-5-21(30)20(29)11-15/h1-13H,(H,33,36)(H,31,34,37). The van der Waals surface area contributed by atoms with Crippen molar-refractivity contribution in [2.75, 3.05) is 10.6 Å². The Balaban J connectivity index is 1.41. The second-order valence-electron chi connectivity index (χ2n) is 7.89. The molecule has 0 aliphatic carbocycles. The second-order valence-corrected chi connectivity index (χ2v) is 9.17. The minimum Gasteiger partial charge on any atom is -0.322 e. The molecule has 11 heteroatoms. The Labute approximate surface area is 224 Å². The Morgan fingerprint density at radius 1 is 0.838 bits per heavy atom. The minimum atomic E-state index is -0.603. The Morgan fingerprint density at radius 2 is 1.59 bits per heavy atom. The quantitative estimate of drug-likeness (QED) is 0.245. The van der Waals surface area contributed by atoms with Crippen molar-refractivity contribution in [1.29, 1.82) is 0 Å². The van der Waals surface area contributed by atoms with Crippen molar-refractivity contribution >= 4 is 63.8 Å². The van der Waals surface area contributed by atoms with Gasteiger partial charge in [-0.15, -0.1) is 0 Å². The molecule has 0 aliphatic rings. The molecule has 0 unspecified atom stereocenters. The summed E-state index contributed by atoms with van der Waals surface area (Å²) in [5.74, 6) is -1.24. The maximum Gasteiger partial charge on any atom is 0.257 e. The lowest BCUT2D eigenvalue weighted by Crippen LogP contribution is -2.14. The van der Waals surface area contributed by atoms with Gasteiger partial charge < -0.3 is 10.6 Å². The van der Waals surface area contributed by atoms with Crippen LogP contribution in [0.5, 0.6) is 0 Å². The molecule has 0 saturated carbocycles. The van der Waals surface area contributed by atoms with Gasteiger partial charge in [0, 0.05) is 44.8 Å². The third-order valence-corrected chi connectivity index (χ3v) is 6.11. The number of amides is 2. The SMILES string of the molecule is O=C(Nc1cccc(-c2cnc3c(NC(=O)c4cc(Cl)cc(Cl)c4)nccn23)c1)c1ccc(F)c(Cl)c1. The van der Waals surface area contributed by atoms with Crippen LogP contribution in [-0.4, -0.2) is 26.2 Å². The fraction of sp³-hybridized carbons (Fsp3) is 0. The summed E-state index contributed by atoms with van der Waals surface area (Å²) in [6.45, 7) is 0. The number of carbonyl (C=O) groups excluding carboxylic acids is 2. The number of benzene rings is 3. The van der Waals surface area contributed by atoms with Crippen molar-refractivity contribution in [3.63, 3.8) is 0 Å². The molecule has 0 radical (unpaired) electrons. The molecule has 5 rings (SSSR count). The summed E-state index contributed by atoms with van der Waals surface area (Å²) in [7, 11) is 0. The molecule has 0 fully saturated rings. The van der Waals surface area contributed by atoms with E-state index in [1.165, 1.54) is 36.5 Å². The largest absolute Gasteiger partial charge is 0.322 e. The Kier molecular flexibility index (Phi) is 6.80. The number of hydrogen-bond acceptors (Lipinski definition) is 4. The van der Waals surface area contributed by atoms with Gasteiger partial charge in [0.15, 0.2) is 11.5 Å². The molecular weight excluding hydrogens is 540 g/mol. The van der Waals surface area contributed by atoms with Crippen LogP contribution in [0.2, 0.25) is 15.1 Å². The van der Waals surface area contributed by atoms with Gasteiger partial charge in [-0.1, -0.05) is 46.9 Å². The van der Waals surface area contributed by atoms with Gasteiger partial charge in [0.1, 0.15) is 5.82 Å². The van der Waals surface area contributed by atoms with Crippen LogP contribution in [0.25, 0.3) is 16.9 Å². The molecule has 2 heterocycles. The van der Waals surface area contributed by atoms with E-state index in [0.29, 0.717) is 27.1 Å². The average Bonchev–Trinajstić information content (AvgIpc) is 3.30. The first kappa shape index (κ1) is 24.7. The zero-order valence-corrected chi connectivity index (χ0v) is 20.9. The van der Waals surface area contributed by atoms with Crippen molar-refractivity contribution in [3.8, 4) is 11.3 Å². The van der Waals surface area contributed by atoms with Gasteiger partial charge in [-0.25, -0.2) is 14.4 Å². The predicted molar refractivity (Wildman–Crippen MR) is 142 cm³/mol. The minimum absolute atomic E-state index is 0.137. The van der Waals surface area contributed by atoms with E-state index in [4.69, 9.17) is 34.8 Å². The number of rotatable bonds is 5. The number of nitrogens with zero attached hydrogens (tertiary/aromatic N) is 3. The maximum absolute atomic E-state index is 13.4. The van der Waals surface area contributed by atoms with E-state index in [0.717, 1.165) is 11.6 Å². The van der Waals surface area contributed by atoms with Crippen molar-refractivity contribution in [2.24, 2.45) is 0 Å². The Morgan fingerprint density at radius 3 is 2.35 bits per heavy atom. The molecule has 3 aromatic carbocycles. The van der Waals surface area contributed by atoms with Gasteiger partial charge in [-0.05, 0) is 48.5 Å². The smallest absolute Gasteiger partial charge is 0.257 e. The van der Waals surface area contributed by atoms with Crippen molar-refractivity contribution < 1.29 is 14.0 Å². The molecule has 0 saturated heterocycles. The van der Waals surface area contributed by atoms with Crippen molar-refractivity contribution in [3.05, 3.63) is 111 Å². The Hall–Kier alpha value is -3.98. The number of carbonyl (C=O) groups is 2. The number of imidazole rings is 1. The fourth-order valence-electron chi connectivity index (χ4n) is 3.68. The van der Waals surface area contributed by atoms with Gasteiger partial charge in [-0.2, -0.15) is 0 Å². The topological polar surface area (TPSA) is 88.4 Å². The number of fused-ring (bicyclic) bond motifs is 1. The van der Waals surface area contributed by atoms with E-state index in [2.05, 4.69) is 20.6 Å². The molecule has 5 aromatic rings. The van der Waals surface area contributed by atoms with Gasteiger partial charge in [0.2, 0.25) is 0 Å². The highest BCUT2D eigenvalue weighted by Gasteiger charge is 2.16. The fourth-order valence-corrected chi connectivity index (χ4v) is 4.39. The van der Waals surface area contributed by atoms with Crippen LogP contribution in [-0.2, 0) is 0 Å². The normalized spacial score (nSPS) is 10.9. The van der Waals surface area contributed by atoms with E-state index in [1.54, 1.807) is 35.0 Å². The van der Waals surface area contributed by atoms with Gasteiger partial charge in [-0.3, -0.25) is 14.0 Å². The number of hydrogen-bond donors (Lipinski definition) is 2. The summed E-state index contributed by atoms with van der Waals surface area (Å²) in [6.07, 6.45) is 4.86. The van der Waals surface area contributed by atoms with E-state index in [1.807, 2.05) is 6.07 Å². The lowest BCUT2D eigenvalue weighted by molar-refractivity contribution is 0.101. The third-order valence-electron chi connectivity index (χ3n) is 5.38. The number of nitrogens with one attached hydrogen (secondary N) is 2. The van der Waals surface area contributed by atoms with Crippen molar-refractivity contribution in [1.82, 2.24) is 14.4 Å². The Bertz CT molecular complexity index is 1670. The molecular formula is C26H15Cl3FN5O2. The highest BCUT2D eigenvalue weighted by atomic mass is 35.5. The van der Waals surface area contributed by atoms with E-state index in [-0.39, 0.29) is 22.0 Å². The molecule has 2 amide bonds. The zero-order chi connectivity index (χ0) is 26.1. The third kappa shape index (κ3) is 5.27. The zero-order valence-electron chi connectivity index (χ0n) is 18.7. The molecule has 0 atom stereocenters. The first-order valence-electron chi connectivity index (χ1n) is 10.7. The molecule has 2 aromatic heterocycles. The van der Waals surface area contributed by atoms with Crippen LogP contribution in [0.3, 0.4) is 0 Å². The summed E-state index contributed by atoms with van der Waals surface area (Å²) in [5, 5.41) is 6.05. The van der Waals surface area contributed by atoms with Crippen LogP contribution < -0.4 is 10.6 Å². The molecule has 0 spiro atoms. The van der Waals surface area contributed by atoms with Crippen LogP contribution in [0.4, 0.5) is 15.9 Å². The molecule has 37 heavy (non-hydrogen) atoms. The summed E-state index contributed by atoms with van der Waals surface area (Å²) < 4.78 is 15.2. The van der Waals surface area contributed by atoms with Crippen LogP contribution in [0, 0.1) is 5.82 Å². The molecule has 7 nitrogen and oxygen atoms in total. The van der Waals surface area contributed by atoms with E-state index >= 15 is 0 Å². The number of halogens is 4. The number of aromatic nitrogens is 3. The van der Waals surface area contributed by atoms with Crippen LogP contribution in [0.15, 0.2) is 79.3 Å². The average molecular weight is 555 g/mol. The van der Waals surface area contributed by atoms with Gasteiger partial charge >= 0.3 is 0 Å².